The molecule has 1 N–H and O–H groups in total. The second-order valence-electron chi connectivity index (χ2n) is 9.90. The highest BCUT2D eigenvalue weighted by Gasteiger charge is 2.57. The van der Waals surface area contributed by atoms with Gasteiger partial charge in [-0.2, -0.15) is 0 Å². The summed E-state index contributed by atoms with van der Waals surface area (Å²) in [5.74, 6) is 1.07. The Kier molecular flexibility index (Phi) is 5.17. The number of carbonyl (C=O) groups excluding carboxylic acids is 2. The van der Waals surface area contributed by atoms with E-state index in [1.54, 1.807) is 11.0 Å². The number of hydrogen-bond donors (Lipinski definition) is 1. The van der Waals surface area contributed by atoms with Crippen molar-refractivity contribution in [3.8, 4) is 0 Å². The minimum Gasteiger partial charge on any atom is -0.459 e. The molecule has 2 atom stereocenters. The van der Waals surface area contributed by atoms with E-state index in [9.17, 15) is 19.1 Å². The topological polar surface area (TPSA) is 66.8 Å². The second-order valence-corrected chi connectivity index (χ2v) is 10.8. The summed E-state index contributed by atoms with van der Waals surface area (Å²) in [7, 11) is 0. The van der Waals surface area contributed by atoms with Crippen LogP contribution in [0.2, 0.25) is 0 Å². The number of benzene rings is 1. The van der Waals surface area contributed by atoms with Gasteiger partial charge in [-0.15, -0.1) is 0 Å². The van der Waals surface area contributed by atoms with Gasteiger partial charge >= 0.3 is 5.97 Å². The number of aliphatic hydroxyl groups is 1. The quantitative estimate of drug-likeness (QED) is 0.666. The summed E-state index contributed by atoms with van der Waals surface area (Å²) in [6.07, 6.45) is 6.01. The van der Waals surface area contributed by atoms with E-state index >= 15 is 0 Å². The van der Waals surface area contributed by atoms with E-state index in [0.29, 0.717) is 27.8 Å². The van der Waals surface area contributed by atoms with Crippen molar-refractivity contribution < 1.29 is 23.8 Å². The summed E-state index contributed by atoms with van der Waals surface area (Å²) < 4.78 is 19.3. The summed E-state index contributed by atoms with van der Waals surface area (Å²) in [4.78, 5) is 28.1. The zero-order valence-electron chi connectivity index (χ0n) is 16.9. The van der Waals surface area contributed by atoms with Crippen molar-refractivity contribution in [1.82, 2.24) is 4.90 Å². The van der Waals surface area contributed by atoms with Gasteiger partial charge in [0, 0.05) is 23.0 Å². The molecule has 1 aromatic rings. The minimum atomic E-state index is -0.750. The molecule has 1 aromatic carbocycles. The van der Waals surface area contributed by atoms with Crippen LogP contribution in [0.1, 0.15) is 50.5 Å². The lowest BCUT2D eigenvalue weighted by atomic mass is 9.49. The fraction of sp³-hybridized carbons (Fsp3) is 0.652. The van der Waals surface area contributed by atoms with Gasteiger partial charge in [-0.1, -0.05) is 22.0 Å². The minimum absolute atomic E-state index is 0.00825. The molecule has 4 bridgehead atoms. The SMILES string of the molecule is O=C(OCc1ccc(F)cc1Br)[C@@H]1C[C@H](O)CN1C(=O)C12CC3CC(CC(C3)C1)C2. The third-order valence-electron chi connectivity index (χ3n) is 7.69. The number of rotatable bonds is 4. The van der Waals surface area contributed by atoms with Crippen LogP contribution in [-0.2, 0) is 20.9 Å². The van der Waals surface area contributed by atoms with Crippen molar-refractivity contribution >= 4 is 27.8 Å². The van der Waals surface area contributed by atoms with Crippen LogP contribution in [0.5, 0.6) is 0 Å². The van der Waals surface area contributed by atoms with Crippen molar-refractivity contribution in [2.45, 2.75) is 63.7 Å². The molecule has 30 heavy (non-hydrogen) atoms. The molecule has 7 heteroatoms. The number of β-amino-alcohol motifs (C(OH)–C–C–N with tert-alkyl or cyclic N) is 1. The van der Waals surface area contributed by atoms with Crippen molar-refractivity contribution in [1.29, 1.82) is 0 Å². The first-order valence-electron chi connectivity index (χ1n) is 10.9. The Morgan fingerprint density at radius 1 is 1.13 bits per heavy atom. The molecule has 4 saturated carbocycles. The molecule has 1 heterocycles. The van der Waals surface area contributed by atoms with E-state index in [1.807, 2.05) is 0 Å². The Hall–Kier alpha value is -1.47. The van der Waals surface area contributed by atoms with Crippen LogP contribution in [0.15, 0.2) is 22.7 Å². The fourth-order valence-corrected chi connectivity index (χ4v) is 7.29. The Morgan fingerprint density at radius 3 is 2.37 bits per heavy atom. The summed E-state index contributed by atoms with van der Waals surface area (Å²) >= 11 is 3.28. The van der Waals surface area contributed by atoms with Crippen molar-refractivity contribution in [3.05, 3.63) is 34.1 Å². The zero-order chi connectivity index (χ0) is 21.0. The summed E-state index contributed by atoms with van der Waals surface area (Å²) in [5, 5.41) is 10.3. The Labute approximate surface area is 184 Å². The number of amides is 1. The van der Waals surface area contributed by atoms with E-state index < -0.39 is 18.1 Å². The molecule has 0 spiro atoms. The molecule has 1 amide bonds. The lowest BCUT2D eigenvalue weighted by Gasteiger charge is -2.56. The van der Waals surface area contributed by atoms with Gasteiger partial charge < -0.3 is 14.7 Å². The highest BCUT2D eigenvalue weighted by molar-refractivity contribution is 9.10. The first kappa shape index (κ1) is 20.4. The molecule has 5 fully saturated rings. The molecule has 5 nitrogen and oxygen atoms in total. The molecule has 6 rings (SSSR count). The van der Waals surface area contributed by atoms with E-state index in [0.717, 1.165) is 19.3 Å². The van der Waals surface area contributed by atoms with Crippen LogP contribution in [0.3, 0.4) is 0 Å². The van der Waals surface area contributed by atoms with Gasteiger partial charge in [0.15, 0.2) is 0 Å². The number of likely N-dealkylation sites (tertiary alicyclic amines) is 1. The predicted octanol–water partition coefficient (Wildman–Crippen LogP) is 3.81. The number of ether oxygens (including phenoxy) is 1. The lowest BCUT2D eigenvalue weighted by Crippen LogP contribution is -2.56. The van der Waals surface area contributed by atoms with Gasteiger partial charge in [-0.3, -0.25) is 4.79 Å². The zero-order valence-corrected chi connectivity index (χ0v) is 18.4. The smallest absolute Gasteiger partial charge is 0.329 e. The monoisotopic (exact) mass is 479 g/mol. The lowest BCUT2D eigenvalue weighted by molar-refractivity contribution is -0.166. The van der Waals surface area contributed by atoms with Crippen LogP contribution in [0.4, 0.5) is 4.39 Å². The van der Waals surface area contributed by atoms with Gasteiger partial charge in [-0.05, 0) is 68.4 Å². The van der Waals surface area contributed by atoms with Gasteiger partial charge in [0.2, 0.25) is 5.91 Å². The first-order chi connectivity index (χ1) is 14.3. The highest BCUT2D eigenvalue weighted by atomic mass is 79.9. The average molecular weight is 480 g/mol. The summed E-state index contributed by atoms with van der Waals surface area (Å²) in [6.45, 7) is 0.187. The number of hydrogen-bond acceptors (Lipinski definition) is 4. The van der Waals surface area contributed by atoms with Gasteiger partial charge in [0.25, 0.3) is 0 Å². The molecule has 5 aliphatic rings. The average Bonchev–Trinajstić information content (AvgIpc) is 3.07. The number of carbonyl (C=O) groups is 2. The standard InChI is InChI=1S/C23H27BrFNO4/c24-19-6-17(25)2-1-16(19)12-30-21(28)20-7-18(27)11-26(20)22(29)23-8-13-3-14(9-23)5-15(4-13)10-23/h1-2,6,13-15,18,20,27H,3-5,7-12H2/t13?,14?,15?,18-,20-,23?/m0/s1. The van der Waals surface area contributed by atoms with Crippen LogP contribution in [0, 0.1) is 29.0 Å². The van der Waals surface area contributed by atoms with Crippen LogP contribution in [0.25, 0.3) is 0 Å². The van der Waals surface area contributed by atoms with Crippen molar-refractivity contribution in [3.63, 3.8) is 0 Å². The Balaban J connectivity index is 1.30. The normalized spacial score (nSPS) is 36.9. The fourth-order valence-electron chi connectivity index (χ4n) is 6.82. The number of aliphatic hydroxyl groups excluding tert-OH is 1. The summed E-state index contributed by atoms with van der Waals surface area (Å²) in [5.41, 5.74) is 0.305. The summed E-state index contributed by atoms with van der Waals surface area (Å²) in [6, 6.07) is 3.45. The van der Waals surface area contributed by atoms with Crippen LogP contribution in [-0.4, -0.2) is 40.6 Å². The number of nitrogens with zero attached hydrogens (tertiary/aromatic N) is 1. The van der Waals surface area contributed by atoms with E-state index in [1.165, 1.54) is 31.4 Å². The van der Waals surface area contributed by atoms with Gasteiger partial charge in [0.05, 0.1) is 11.5 Å². The highest BCUT2D eigenvalue weighted by Crippen LogP contribution is 2.60. The first-order valence-corrected chi connectivity index (χ1v) is 11.7. The molecular weight excluding hydrogens is 453 g/mol. The maximum absolute atomic E-state index is 13.7. The maximum atomic E-state index is 13.7. The van der Waals surface area contributed by atoms with E-state index in [4.69, 9.17) is 4.74 Å². The Morgan fingerprint density at radius 2 is 1.77 bits per heavy atom. The Bertz CT molecular complexity index is 839. The molecule has 4 aliphatic carbocycles. The second kappa shape index (κ2) is 7.59. The van der Waals surface area contributed by atoms with Crippen molar-refractivity contribution in [2.75, 3.05) is 6.54 Å². The number of esters is 1. The van der Waals surface area contributed by atoms with E-state index in [-0.39, 0.29) is 36.7 Å². The molecule has 1 aliphatic heterocycles. The molecule has 162 valence electrons. The third-order valence-corrected chi connectivity index (χ3v) is 8.43. The van der Waals surface area contributed by atoms with Crippen LogP contribution < -0.4 is 0 Å². The molecular formula is C23H27BrFNO4. The number of halogens is 2. The van der Waals surface area contributed by atoms with Crippen LogP contribution >= 0.6 is 15.9 Å². The predicted molar refractivity (Wildman–Crippen MR) is 111 cm³/mol. The third kappa shape index (κ3) is 3.58. The largest absolute Gasteiger partial charge is 0.459 e. The van der Waals surface area contributed by atoms with Gasteiger partial charge in [0.1, 0.15) is 18.5 Å². The molecule has 1 saturated heterocycles. The van der Waals surface area contributed by atoms with Gasteiger partial charge in [-0.25, -0.2) is 9.18 Å². The molecule has 0 aromatic heterocycles. The van der Waals surface area contributed by atoms with E-state index in [2.05, 4.69) is 15.9 Å². The molecule has 0 radical (unpaired) electrons. The molecule has 0 unspecified atom stereocenters. The van der Waals surface area contributed by atoms with Crippen molar-refractivity contribution in [2.24, 2.45) is 23.2 Å². The maximum Gasteiger partial charge on any atom is 0.329 e.